The van der Waals surface area contributed by atoms with E-state index in [4.69, 9.17) is 0 Å². The summed E-state index contributed by atoms with van der Waals surface area (Å²) < 4.78 is 27.4. The van der Waals surface area contributed by atoms with Gasteiger partial charge in [-0.3, -0.25) is 4.79 Å². The van der Waals surface area contributed by atoms with Crippen molar-refractivity contribution >= 4 is 16.8 Å². The van der Waals surface area contributed by atoms with Gasteiger partial charge in [0.1, 0.15) is 0 Å². The highest BCUT2D eigenvalue weighted by molar-refractivity contribution is 5.98. The predicted octanol–water partition coefficient (Wildman–Crippen LogP) is 4.80. The molecule has 0 unspecified atom stereocenters. The fourth-order valence-corrected chi connectivity index (χ4v) is 3.42. The van der Waals surface area contributed by atoms with Crippen LogP contribution in [0.3, 0.4) is 0 Å². The molecule has 126 valence electrons. The van der Waals surface area contributed by atoms with E-state index in [0.29, 0.717) is 11.0 Å². The highest BCUT2D eigenvalue weighted by Crippen LogP contribution is 2.35. The van der Waals surface area contributed by atoms with E-state index >= 15 is 0 Å². The van der Waals surface area contributed by atoms with Crippen LogP contribution in [0.4, 0.5) is 8.78 Å². The molecule has 0 N–H and O–H groups in total. The van der Waals surface area contributed by atoms with Crippen LogP contribution in [0.25, 0.3) is 11.0 Å². The van der Waals surface area contributed by atoms with Gasteiger partial charge in [0.15, 0.2) is 5.82 Å². The topological polar surface area (TPSA) is 34.9 Å². The van der Waals surface area contributed by atoms with Crippen molar-refractivity contribution in [2.45, 2.75) is 47.6 Å². The number of hydrogen-bond acceptors (Lipinski definition) is 2. The van der Waals surface area contributed by atoms with E-state index < -0.39 is 13.0 Å². The fraction of sp³-hybridized carbons (Fsp3) is 0.556. The average molecular weight is 322 g/mol. The molecule has 2 rings (SSSR count). The van der Waals surface area contributed by atoms with Crippen molar-refractivity contribution in [2.24, 2.45) is 17.3 Å². The standard InChI is InChI=1S/C18H24F2N2O/c1-11(2)15(18(3,4)5)16(23)17-21-12-8-6-7-9-13(12)22(17)10-14(19)20/h6-9,11,14-15H,10H2,1-5H3/t15-/m0/s1. The maximum atomic E-state index is 13.1. The molecule has 2 aromatic rings. The lowest BCUT2D eigenvalue weighted by Crippen LogP contribution is -2.34. The minimum atomic E-state index is -2.54. The van der Waals surface area contributed by atoms with Gasteiger partial charge in [-0.25, -0.2) is 13.8 Å². The van der Waals surface area contributed by atoms with Crippen molar-refractivity contribution in [1.82, 2.24) is 9.55 Å². The molecule has 1 atom stereocenters. The van der Waals surface area contributed by atoms with E-state index in [1.54, 1.807) is 24.3 Å². The van der Waals surface area contributed by atoms with Gasteiger partial charge in [-0.05, 0) is 23.5 Å². The zero-order valence-electron chi connectivity index (χ0n) is 14.3. The number of imidazole rings is 1. The van der Waals surface area contributed by atoms with E-state index in [1.807, 2.05) is 34.6 Å². The number of Topliss-reactive ketones (excluding diaryl/α,β-unsaturated/α-hetero) is 1. The Morgan fingerprint density at radius 2 is 1.83 bits per heavy atom. The summed E-state index contributed by atoms with van der Waals surface area (Å²) in [5.41, 5.74) is 0.888. The molecular weight excluding hydrogens is 298 g/mol. The predicted molar refractivity (Wildman–Crippen MR) is 87.9 cm³/mol. The summed E-state index contributed by atoms with van der Waals surface area (Å²) in [4.78, 5) is 17.4. The first-order valence-electron chi connectivity index (χ1n) is 7.90. The third-order valence-corrected chi connectivity index (χ3v) is 4.08. The normalized spacial score (nSPS) is 14.0. The van der Waals surface area contributed by atoms with Crippen LogP contribution in [0.15, 0.2) is 24.3 Å². The second-order valence-electron chi connectivity index (χ2n) is 7.38. The van der Waals surface area contributed by atoms with Gasteiger partial charge in [-0.15, -0.1) is 0 Å². The van der Waals surface area contributed by atoms with Gasteiger partial charge in [0.05, 0.1) is 17.6 Å². The number of nitrogens with zero attached hydrogens (tertiary/aromatic N) is 2. The number of rotatable bonds is 5. The highest BCUT2D eigenvalue weighted by Gasteiger charge is 2.37. The Hall–Kier alpha value is -1.78. The molecule has 23 heavy (non-hydrogen) atoms. The van der Waals surface area contributed by atoms with Crippen molar-refractivity contribution in [1.29, 1.82) is 0 Å². The number of fused-ring (bicyclic) bond motifs is 1. The number of carbonyl (C=O) groups is 1. The molecule has 0 radical (unpaired) electrons. The Bertz CT molecular complexity index is 699. The summed E-state index contributed by atoms with van der Waals surface area (Å²) in [6, 6.07) is 7.03. The molecule has 0 saturated heterocycles. The molecule has 0 amide bonds. The SMILES string of the molecule is CC(C)[C@@H](C(=O)c1nc2ccccc2n1CC(F)F)C(C)(C)C. The maximum Gasteiger partial charge on any atom is 0.256 e. The number of benzene rings is 1. The number of ketones is 1. The lowest BCUT2D eigenvalue weighted by molar-refractivity contribution is 0.0718. The lowest BCUT2D eigenvalue weighted by Gasteiger charge is -2.32. The van der Waals surface area contributed by atoms with E-state index in [-0.39, 0.29) is 28.9 Å². The van der Waals surface area contributed by atoms with Crippen LogP contribution in [0, 0.1) is 17.3 Å². The van der Waals surface area contributed by atoms with Crippen LogP contribution in [0.2, 0.25) is 0 Å². The summed E-state index contributed by atoms with van der Waals surface area (Å²) in [5.74, 6) is -0.206. The van der Waals surface area contributed by atoms with Crippen molar-refractivity contribution < 1.29 is 13.6 Å². The summed E-state index contributed by atoms with van der Waals surface area (Å²) in [5, 5.41) is 0. The smallest absolute Gasteiger partial charge is 0.256 e. The molecule has 0 saturated carbocycles. The molecule has 0 aliphatic heterocycles. The summed E-state index contributed by atoms with van der Waals surface area (Å²) in [7, 11) is 0. The summed E-state index contributed by atoms with van der Waals surface area (Å²) >= 11 is 0. The van der Waals surface area contributed by atoms with E-state index in [2.05, 4.69) is 4.98 Å². The minimum absolute atomic E-state index is 0.0994. The van der Waals surface area contributed by atoms with Gasteiger partial charge in [0, 0.05) is 5.92 Å². The van der Waals surface area contributed by atoms with Crippen LogP contribution in [-0.2, 0) is 6.54 Å². The second kappa shape index (κ2) is 6.38. The first-order chi connectivity index (χ1) is 10.6. The van der Waals surface area contributed by atoms with Gasteiger partial charge < -0.3 is 4.57 Å². The number of halogens is 2. The first kappa shape index (κ1) is 17.6. The molecule has 3 nitrogen and oxygen atoms in total. The van der Waals surface area contributed by atoms with Crippen LogP contribution in [0.5, 0.6) is 0 Å². The Kier molecular flexibility index (Phi) is 4.87. The Morgan fingerprint density at radius 3 is 2.35 bits per heavy atom. The number of aromatic nitrogens is 2. The largest absolute Gasteiger partial charge is 0.316 e. The summed E-state index contributed by atoms with van der Waals surface area (Å²) in [6.07, 6.45) is -2.54. The molecular formula is C18H24F2N2O. The molecule has 0 aliphatic rings. The molecule has 0 bridgehead atoms. The molecule has 0 aliphatic carbocycles. The second-order valence-corrected chi connectivity index (χ2v) is 7.38. The number of carbonyl (C=O) groups excluding carboxylic acids is 1. The zero-order valence-corrected chi connectivity index (χ0v) is 14.3. The number of hydrogen-bond donors (Lipinski definition) is 0. The minimum Gasteiger partial charge on any atom is -0.316 e. The highest BCUT2D eigenvalue weighted by atomic mass is 19.3. The van der Waals surface area contributed by atoms with Gasteiger partial charge in [-0.2, -0.15) is 0 Å². The lowest BCUT2D eigenvalue weighted by atomic mass is 9.72. The average Bonchev–Trinajstić information content (AvgIpc) is 2.75. The van der Waals surface area contributed by atoms with Gasteiger partial charge in [0.2, 0.25) is 5.78 Å². The quantitative estimate of drug-likeness (QED) is 0.741. The van der Waals surface area contributed by atoms with Crippen molar-refractivity contribution in [3.8, 4) is 0 Å². The van der Waals surface area contributed by atoms with Crippen LogP contribution < -0.4 is 0 Å². The number of alkyl halides is 2. The zero-order chi connectivity index (χ0) is 17.4. The first-order valence-corrected chi connectivity index (χ1v) is 7.90. The van der Waals surface area contributed by atoms with Crippen LogP contribution >= 0.6 is 0 Å². The third kappa shape index (κ3) is 3.59. The van der Waals surface area contributed by atoms with E-state index in [9.17, 15) is 13.6 Å². The fourth-order valence-electron chi connectivity index (χ4n) is 3.42. The molecule has 5 heteroatoms. The Labute approximate surface area is 135 Å². The van der Waals surface area contributed by atoms with E-state index in [0.717, 1.165) is 0 Å². The van der Waals surface area contributed by atoms with Gasteiger partial charge >= 0.3 is 0 Å². The molecule has 0 fully saturated rings. The summed E-state index contributed by atoms with van der Waals surface area (Å²) in [6.45, 7) is 9.43. The Balaban J connectivity index is 2.59. The van der Waals surface area contributed by atoms with Gasteiger partial charge in [0.25, 0.3) is 6.43 Å². The van der Waals surface area contributed by atoms with E-state index in [1.165, 1.54) is 4.57 Å². The van der Waals surface area contributed by atoms with Crippen molar-refractivity contribution in [3.05, 3.63) is 30.1 Å². The molecule has 1 aromatic heterocycles. The maximum absolute atomic E-state index is 13.1. The van der Waals surface area contributed by atoms with Crippen molar-refractivity contribution in [3.63, 3.8) is 0 Å². The monoisotopic (exact) mass is 322 g/mol. The Morgan fingerprint density at radius 1 is 1.22 bits per heavy atom. The van der Waals surface area contributed by atoms with Gasteiger partial charge in [-0.1, -0.05) is 46.8 Å². The molecule has 1 heterocycles. The molecule has 0 spiro atoms. The third-order valence-electron chi connectivity index (χ3n) is 4.08. The molecule has 1 aromatic carbocycles. The van der Waals surface area contributed by atoms with Crippen LogP contribution in [-0.4, -0.2) is 21.8 Å². The van der Waals surface area contributed by atoms with Crippen molar-refractivity contribution in [2.75, 3.05) is 0 Å². The number of para-hydroxylation sites is 2. The van der Waals surface area contributed by atoms with Crippen LogP contribution in [0.1, 0.15) is 45.2 Å².